The van der Waals surface area contributed by atoms with E-state index in [0.29, 0.717) is 5.75 Å². The molecule has 3 N–H and O–H groups in total. The molecule has 6 heteroatoms. The van der Waals surface area contributed by atoms with Crippen LogP contribution in [-0.4, -0.2) is 27.5 Å². The van der Waals surface area contributed by atoms with Gasteiger partial charge in [-0.15, -0.1) is 0 Å². The zero-order valence-electron chi connectivity index (χ0n) is 13.3. The van der Waals surface area contributed by atoms with E-state index in [1.165, 1.54) is 10.5 Å². The number of ether oxygens (including phenoxy) is 3. The number of nitrogens with one attached hydrogen (secondary N) is 3. The van der Waals surface area contributed by atoms with Crippen molar-refractivity contribution in [1.29, 1.82) is 0 Å². The third-order valence-electron chi connectivity index (χ3n) is 4.55. The summed E-state index contributed by atoms with van der Waals surface area (Å²) in [6, 6.07) is 6.15. The van der Waals surface area contributed by atoms with Gasteiger partial charge in [-0.1, -0.05) is 0 Å². The number of pyridine rings is 1. The number of benzene rings is 1. The molecule has 2 aromatic rings. The second-order valence-corrected chi connectivity index (χ2v) is 5.93. The van der Waals surface area contributed by atoms with Crippen LogP contribution in [0.2, 0.25) is 0 Å². The highest BCUT2D eigenvalue weighted by atomic mass is 16.7. The second-order valence-electron chi connectivity index (χ2n) is 5.93. The van der Waals surface area contributed by atoms with Crippen molar-refractivity contribution in [2.24, 2.45) is 0 Å². The molecule has 2 aliphatic rings. The molecule has 0 aliphatic carbocycles. The smallest absolute Gasteiger partial charge is 0.231 e. The van der Waals surface area contributed by atoms with E-state index < -0.39 is 0 Å². The predicted molar refractivity (Wildman–Crippen MR) is 83.9 cm³/mol. The van der Waals surface area contributed by atoms with E-state index in [1.807, 2.05) is 24.5 Å². The van der Waals surface area contributed by atoms with Gasteiger partial charge in [-0.2, -0.15) is 0 Å². The third kappa shape index (κ3) is 2.35. The lowest BCUT2D eigenvalue weighted by Gasteiger charge is -2.33. The SMILES string of the molecule is COc1c2c(cc3c1[C@H](Nc1cc[nH+]cc1)[NH+](C)CC3)OCO2. The monoisotopic (exact) mass is 315 g/mol. The van der Waals surface area contributed by atoms with Gasteiger partial charge in [0.15, 0.2) is 30.1 Å². The largest absolute Gasteiger partial charge is 0.492 e. The molecule has 1 aromatic carbocycles. The summed E-state index contributed by atoms with van der Waals surface area (Å²) >= 11 is 0. The quantitative estimate of drug-likeness (QED) is 0.862. The summed E-state index contributed by atoms with van der Waals surface area (Å²) in [4.78, 5) is 4.44. The van der Waals surface area contributed by atoms with Crippen LogP contribution >= 0.6 is 0 Å². The summed E-state index contributed by atoms with van der Waals surface area (Å²) in [6.07, 6.45) is 4.93. The van der Waals surface area contributed by atoms with Gasteiger partial charge in [0.2, 0.25) is 12.5 Å². The first-order valence-electron chi connectivity index (χ1n) is 7.82. The number of anilines is 1. The summed E-state index contributed by atoms with van der Waals surface area (Å²) in [5.41, 5.74) is 3.49. The fraction of sp³-hybridized carbons (Fsp3) is 0.353. The summed E-state index contributed by atoms with van der Waals surface area (Å²) in [5.74, 6) is 2.29. The highest BCUT2D eigenvalue weighted by molar-refractivity contribution is 5.62. The molecule has 23 heavy (non-hydrogen) atoms. The van der Waals surface area contributed by atoms with Crippen LogP contribution in [0.4, 0.5) is 5.69 Å². The molecule has 2 aliphatic heterocycles. The lowest BCUT2D eigenvalue weighted by Crippen LogP contribution is -3.11. The van der Waals surface area contributed by atoms with Crippen molar-refractivity contribution in [3.05, 3.63) is 41.7 Å². The van der Waals surface area contributed by atoms with Crippen molar-refractivity contribution >= 4 is 5.69 Å². The van der Waals surface area contributed by atoms with Crippen LogP contribution in [0.15, 0.2) is 30.6 Å². The zero-order valence-corrected chi connectivity index (χ0v) is 13.3. The summed E-state index contributed by atoms with van der Waals surface area (Å²) in [7, 11) is 3.88. The van der Waals surface area contributed by atoms with Crippen LogP contribution in [0.3, 0.4) is 0 Å². The lowest BCUT2D eigenvalue weighted by molar-refractivity contribution is -0.910. The molecule has 0 fully saturated rings. The fourth-order valence-electron chi connectivity index (χ4n) is 3.37. The molecule has 0 amide bonds. The van der Waals surface area contributed by atoms with Crippen LogP contribution in [-0.2, 0) is 6.42 Å². The van der Waals surface area contributed by atoms with Crippen LogP contribution in [0.1, 0.15) is 17.3 Å². The maximum absolute atomic E-state index is 5.71. The number of aromatic amines is 1. The Morgan fingerprint density at radius 1 is 1.30 bits per heavy atom. The third-order valence-corrected chi connectivity index (χ3v) is 4.55. The van der Waals surface area contributed by atoms with Crippen LogP contribution in [0, 0.1) is 0 Å². The summed E-state index contributed by atoms with van der Waals surface area (Å²) < 4.78 is 16.9. The van der Waals surface area contributed by atoms with E-state index in [9.17, 15) is 0 Å². The minimum Gasteiger partial charge on any atom is -0.492 e. The van der Waals surface area contributed by atoms with Crippen molar-refractivity contribution in [1.82, 2.24) is 0 Å². The van der Waals surface area contributed by atoms with E-state index in [-0.39, 0.29) is 13.0 Å². The van der Waals surface area contributed by atoms with Gasteiger partial charge in [0, 0.05) is 18.6 Å². The van der Waals surface area contributed by atoms with Crippen molar-refractivity contribution in [2.75, 3.05) is 32.8 Å². The molecule has 0 spiro atoms. The van der Waals surface area contributed by atoms with Crippen molar-refractivity contribution in [2.45, 2.75) is 12.6 Å². The number of rotatable bonds is 3. The Kier molecular flexibility index (Phi) is 3.46. The van der Waals surface area contributed by atoms with E-state index in [0.717, 1.165) is 35.7 Å². The number of likely N-dealkylation sites (N-methyl/N-ethyl adjacent to an activating group) is 1. The maximum Gasteiger partial charge on any atom is 0.231 e. The Bertz CT molecular complexity index is 721. The van der Waals surface area contributed by atoms with Gasteiger partial charge < -0.3 is 24.4 Å². The zero-order chi connectivity index (χ0) is 15.8. The number of methoxy groups -OCH3 is 1. The van der Waals surface area contributed by atoms with Crippen molar-refractivity contribution in [3.63, 3.8) is 0 Å². The first kappa shape index (κ1) is 14.1. The normalized spacial score (nSPS) is 21.7. The average molecular weight is 315 g/mol. The Balaban J connectivity index is 1.80. The standard InChI is InChI=1S/C17H19N3O3/c1-20-8-5-11-9-13-15(23-10-22-13)16(21-2)14(11)17(20)19-12-3-6-18-7-4-12/h3-4,6-7,9,17H,5,8,10H2,1-2H3,(H,18,19)/p+2/t17-/m1/s1. The van der Waals surface area contributed by atoms with Crippen LogP contribution < -0.4 is 29.4 Å². The molecule has 0 bridgehead atoms. The van der Waals surface area contributed by atoms with Crippen LogP contribution in [0.5, 0.6) is 17.2 Å². The average Bonchev–Trinajstić information content (AvgIpc) is 3.04. The van der Waals surface area contributed by atoms with E-state index in [1.54, 1.807) is 7.11 Å². The van der Waals surface area contributed by atoms with Gasteiger partial charge >= 0.3 is 0 Å². The van der Waals surface area contributed by atoms with E-state index >= 15 is 0 Å². The van der Waals surface area contributed by atoms with E-state index in [4.69, 9.17) is 14.2 Å². The van der Waals surface area contributed by atoms with Gasteiger partial charge in [-0.3, -0.25) is 0 Å². The molecule has 1 aromatic heterocycles. The summed E-state index contributed by atoms with van der Waals surface area (Å²) in [6.45, 7) is 1.30. The minimum absolute atomic E-state index is 0.102. The highest BCUT2D eigenvalue weighted by Gasteiger charge is 2.36. The maximum atomic E-state index is 5.71. The number of quaternary nitrogens is 1. The van der Waals surface area contributed by atoms with Gasteiger partial charge in [0.25, 0.3) is 0 Å². The fourth-order valence-corrected chi connectivity index (χ4v) is 3.37. The Morgan fingerprint density at radius 2 is 2.13 bits per heavy atom. The molecule has 6 nitrogen and oxygen atoms in total. The number of hydrogen-bond acceptors (Lipinski definition) is 4. The van der Waals surface area contributed by atoms with Crippen molar-refractivity contribution < 1.29 is 24.1 Å². The highest BCUT2D eigenvalue weighted by Crippen LogP contribution is 2.47. The molecule has 4 rings (SSSR count). The molecule has 120 valence electrons. The van der Waals surface area contributed by atoms with Crippen molar-refractivity contribution in [3.8, 4) is 17.2 Å². The second kappa shape index (κ2) is 5.62. The van der Waals surface area contributed by atoms with Gasteiger partial charge in [-0.25, -0.2) is 4.98 Å². The molecule has 3 heterocycles. The first-order valence-corrected chi connectivity index (χ1v) is 7.82. The summed E-state index contributed by atoms with van der Waals surface area (Å²) in [5, 5.41) is 3.62. The van der Waals surface area contributed by atoms with Crippen LogP contribution in [0.25, 0.3) is 0 Å². The first-order chi connectivity index (χ1) is 11.3. The molecular formula is C17H21N3O3+2. The lowest BCUT2D eigenvalue weighted by atomic mass is 9.95. The molecule has 1 unspecified atom stereocenters. The molecule has 0 saturated heterocycles. The predicted octanol–water partition coefficient (Wildman–Crippen LogP) is 0.419. The Labute approximate surface area is 135 Å². The molecule has 0 saturated carbocycles. The van der Waals surface area contributed by atoms with Gasteiger partial charge in [-0.05, 0) is 11.6 Å². The molecular weight excluding hydrogens is 294 g/mol. The molecule has 0 radical (unpaired) electrons. The number of H-pyrrole nitrogens is 1. The topological polar surface area (TPSA) is 58.3 Å². The Morgan fingerprint density at radius 3 is 2.91 bits per heavy atom. The van der Waals surface area contributed by atoms with Gasteiger partial charge in [0.05, 0.1) is 32.0 Å². The van der Waals surface area contributed by atoms with E-state index in [2.05, 4.69) is 23.4 Å². The Hall–Kier alpha value is -2.47. The number of aromatic nitrogens is 1. The number of hydrogen-bond donors (Lipinski definition) is 2. The minimum atomic E-state index is 0.102. The number of fused-ring (bicyclic) bond motifs is 2. The van der Waals surface area contributed by atoms with Gasteiger partial charge in [0.1, 0.15) is 0 Å². The molecule has 2 atom stereocenters.